The topological polar surface area (TPSA) is 76.2 Å². The number of aryl methyl sites for hydroxylation is 1. The zero-order valence-electron chi connectivity index (χ0n) is 7.56. The molecule has 1 aromatic heterocycles. The summed E-state index contributed by atoms with van der Waals surface area (Å²) in [6.45, 7) is 1.89. The summed E-state index contributed by atoms with van der Waals surface area (Å²) >= 11 is 2.96. The first-order valence-corrected chi connectivity index (χ1v) is 5.65. The zero-order valence-corrected chi connectivity index (χ0v) is 9.19. The van der Waals surface area contributed by atoms with E-state index in [1.807, 2.05) is 6.92 Å². The summed E-state index contributed by atoms with van der Waals surface area (Å²) in [4.78, 5) is 14.2. The summed E-state index contributed by atoms with van der Waals surface area (Å²) in [5, 5.41) is 8.89. The molecule has 1 rings (SSSR count). The smallest absolute Gasteiger partial charge is 0.328 e. The van der Waals surface area contributed by atoms with Crippen molar-refractivity contribution in [2.45, 2.75) is 11.1 Å². The fourth-order valence-corrected chi connectivity index (χ4v) is 2.67. The lowest BCUT2D eigenvalue weighted by molar-refractivity contribution is -0.131. The highest BCUT2D eigenvalue weighted by Gasteiger charge is 2.04. The van der Waals surface area contributed by atoms with Gasteiger partial charge >= 0.3 is 5.97 Å². The highest BCUT2D eigenvalue weighted by Crippen LogP contribution is 2.30. The minimum absolute atomic E-state index is 0.548. The van der Waals surface area contributed by atoms with Gasteiger partial charge in [-0.3, -0.25) is 0 Å². The van der Waals surface area contributed by atoms with E-state index in [2.05, 4.69) is 4.98 Å². The molecule has 0 saturated carbocycles. The average molecular weight is 230 g/mol. The number of thiazole rings is 1. The number of thioether (sulfide) groups is 1. The van der Waals surface area contributed by atoms with Crippen LogP contribution in [0.25, 0.3) is 0 Å². The number of nitrogens with zero attached hydrogens (tertiary/aromatic N) is 1. The Kier molecular flexibility index (Phi) is 3.97. The van der Waals surface area contributed by atoms with Gasteiger partial charge in [0.2, 0.25) is 0 Å². The van der Waals surface area contributed by atoms with Crippen molar-refractivity contribution < 1.29 is 9.90 Å². The molecule has 0 radical (unpaired) electrons. The van der Waals surface area contributed by atoms with Crippen LogP contribution in [0.2, 0.25) is 0 Å². The SMILES string of the molecule is Cc1nc(N)sc1SCC=CC(=O)O. The molecule has 1 aromatic rings. The minimum atomic E-state index is -0.925. The van der Waals surface area contributed by atoms with E-state index in [0.29, 0.717) is 10.9 Å². The zero-order chi connectivity index (χ0) is 10.6. The van der Waals surface area contributed by atoms with Crippen molar-refractivity contribution in [2.75, 3.05) is 11.5 Å². The summed E-state index contributed by atoms with van der Waals surface area (Å²) in [6, 6.07) is 0. The number of nitrogen functional groups attached to an aromatic ring is 1. The first-order chi connectivity index (χ1) is 6.59. The van der Waals surface area contributed by atoms with Gasteiger partial charge in [0, 0.05) is 11.8 Å². The van der Waals surface area contributed by atoms with E-state index in [9.17, 15) is 4.79 Å². The van der Waals surface area contributed by atoms with Crippen molar-refractivity contribution in [1.29, 1.82) is 0 Å². The van der Waals surface area contributed by atoms with Crippen LogP contribution in [0, 0.1) is 6.92 Å². The number of aromatic nitrogens is 1. The maximum Gasteiger partial charge on any atom is 0.328 e. The molecule has 0 unspecified atom stereocenters. The second kappa shape index (κ2) is 5.02. The number of aliphatic carboxylic acids is 1. The largest absolute Gasteiger partial charge is 0.478 e. The van der Waals surface area contributed by atoms with Gasteiger partial charge in [0.05, 0.1) is 9.90 Å². The molecule has 0 spiro atoms. The molecule has 0 saturated heterocycles. The highest BCUT2D eigenvalue weighted by atomic mass is 32.2. The first-order valence-electron chi connectivity index (χ1n) is 3.84. The fraction of sp³-hybridized carbons (Fsp3) is 0.250. The lowest BCUT2D eigenvalue weighted by Gasteiger charge is -1.92. The van der Waals surface area contributed by atoms with Gasteiger partial charge in [0.1, 0.15) is 0 Å². The first kappa shape index (κ1) is 11.1. The minimum Gasteiger partial charge on any atom is -0.478 e. The molecule has 0 aliphatic rings. The Morgan fingerprint density at radius 1 is 1.79 bits per heavy atom. The third-order valence-corrected chi connectivity index (χ3v) is 3.64. The Hall–Kier alpha value is -1.01. The molecule has 3 N–H and O–H groups in total. The van der Waals surface area contributed by atoms with Crippen LogP contribution < -0.4 is 5.73 Å². The maximum atomic E-state index is 10.2. The number of hydrogen-bond acceptors (Lipinski definition) is 5. The van der Waals surface area contributed by atoms with Crippen LogP contribution in [0.5, 0.6) is 0 Å². The molecule has 0 bridgehead atoms. The van der Waals surface area contributed by atoms with Crippen molar-refractivity contribution in [3.8, 4) is 0 Å². The van der Waals surface area contributed by atoms with Crippen LogP contribution in [0.1, 0.15) is 5.69 Å². The summed E-state index contributed by atoms with van der Waals surface area (Å²) < 4.78 is 1.04. The van der Waals surface area contributed by atoms with Gasteiger partial charge in [-0.25, -0.2) is 9.78 Å². The molecule has 1 heterocycles. The molecular weight excluding hydrogens is 220 g/mol. The maximum absolute atomic E-state index is 10.2. The molecule has 4 nitrogen and oxygen atoms in total. The Morgan fingerprint density at radius 3 is 3.00 bits per heavy atom. The van der Waals surface area contributed by atoms with E-state index in [1.165, 1.54) is 23.1 Å². The second-order valence-electron chi connectivity index (χ2n) is 2.48. The van der Waals surface area contributed by atoms with Gasteiger partial charge in [-0.2, -0.15) is 0 Å². The van der Waals surface area contributed by atoms with E-state index in [-0.39, 0.29) is 0 Å². The number of anilines is 1. The van der Waals surface area contributed by atoms with Gasteiger partial charge in [-0.05, 0) is 6.92 Å². The van der Waals surface area contributed by atoms with Crippen LogP contribution in [-0.2, 0) is 4.79 Å². The van der Waals surface area contributed by atoms with E-state index >= 15 is 0 Å². The number of carboxylic acid groups (broad SMARTS) is 1. The summed E-state index contributed by atoms with van der Waals surface area (Å²) in [6.07, 6.45) is 2.73. The molecule has 0 aromatic carbocycles. The monoisotopic (exact) mass is 230 g/mol. The molecule has 0 amide bonds. The Morgan fingerprint density at radius 2 is 2.50 bits per heavy atom. The molecule has 0 aliphatic heterocycles. The predicted molar refractivity (Wildman–Crippen MR) is 58.8 cm³/mol. The number of hydrogen-bond donors (Lipinski definition) is 2. The number of carboxylic acids is 1. The average Bonchev–Trinajstić information content (AvgIpc) is 2.39. The highest BCUT2D eigenvalue weighted by molar-refractivity contribution is 8.01. The van der Waals surface area contributed by atoms with Gasteiger partial charge in [0.25, 0.3) is 0 Å². The quantitative estimate of drug-likeness (QED) is 0.609. The summed E-state index contributed by atoms with van der Waals surface area (Å²) in [5.74, 6) is -0.305. The van der Waals surface area contributed by atoms with Crippen LogP contribution in [0.4, 0.5) is 5.13 Å². The second-order valence-corrected chi connectivity index (χ2v) is 4.80. The molecular formula is C8H10N2O2S2. The van der Waals surface area contributed by atoms with Crippen LogP contribution >= 0.6 is 23.1 Å². The van der Waals surface area contributed by atoms with E-state index in [1.54, 1.807) is 6.08 Å². The predicted octanol–water partition coefficient (Wildman–Crippen LogP) is 1.77. The number of nitrogens with two attached hydrogens (primary N) is 1. The standard InChI is InChI=1S/C8H10N2O2S2/c1-5-7(14-8(9)10-5)13-4-2-3-6(11)12/h2-3H,4H2,1H3,(H2,9,10)(H,11,12). The number of rotatable bonds is 4. The van der Waals surface area contributed by atoms with E-state index < -0.39 is 5.97 Å². The van der Waals surface area contributed by atoms with Crippen molar-refractivity contribution in [3.63, 3.8) is 0 Å². The van der Waals surface area contributed by atoms with Crippen molar-refractivity contribution in [2.24, 2.45) is 0 Å². The van der Waals surface area contributed by atoms with Crippen molar-refractivity contribution in [1.82, 2.24) is 4.98 Å². The van der Waals surface area contributed by atoms with Gasteiger partial charge in [-0.1, -0.05) is 17.4 Å². The molecule has 0 aliphatic carbocycles. The summed E-state index contributed by atoms with van der Waals surface area (Å²) in [7, 11) is 0. The molecule has 0 fully saturated rings. The third kappa shape index (κ3) is 3.39. The van der Waals surface area contributed by atoms with Crippen LogP contribution in [0.3, 0.4) is 0 Å². The molecule has 76 valence electrons. The molecule has 6 heteroatoms. The third-order valence-electron chi connectivity index (χ3n) is 1.34. The Labute approximate surface area is 89.8 Å². The van der Waals surface area contributed by atoms with Crippen molar-refractivity contribution >= 4 is 34.2 Å². The lowest BCUT2D eigenvalue weighted by Crippen LogP contribution is -1.86. The number of carbonyl (C=O) groups is 1. The van der Waals surface area contributed by atoms with Gasteiger partial charge in [0.15, 0.2) is 5.13 Å². The van der Waals surface area contributed by atoms with Crippen LogP contribution in [-0.4, -0.2) is 21.8 Å². The lowest BCUT2D eigenvalue weighted by atomic mass is 10.5. The molecule has 14 heavy (non-hydrogen) atoms. The van der Waals surface area contributed by atoms with E-state index in [0.717, 1.165) is 16.0 Å². The normalized spacial score (nSPS) is 10.9. The van der Waals surface area contributed by atoms with Gasteiger partial charge in [-0.15, -0.1) is 11.8 Å². The van der Waals surface area contributed by atoms with Crippen LogP contribution in [0.15, 0.2) is 16.4 Å². The Balaban J connectivity index is 2.46. The fourth-order valence-electron chi connectivity index (χ4n) is 0.809. The van der Waals surface area contributed by atoms with Gasteiger partial charge < -0.3 is 10.8 Å². The Bertz CT molecular complexity index is 360. The summed E-state index contributed by atoms with van der Waals surface area (Å²) in [5.41, 5.74) is 6.42. The van der Waals surface area contributed by atoms with Crippen molar-refractivity contribution in [3.05, 3.63) is 17.8 Å². The molecule has 0 atom stereocenters. The van der Waals surface area contributed by atoms with E-state index in [4.69, 9.17) is 10.8 Å².